The minimum absolute atomic E-state index is 0.0665. The van der Waals surface area contributed by atoms with Gasteiger partial charge in [0, 0.05) is 38.9 Å². The van der Waals surface area contributed by atoms with Crippen molar-refractivity contribution in [3.63, 3.8) is 0 Å². The van der Waals surface area contributed by atoms with E-state index in [1.165, 1.54) is 23.1 Å². The second kappa shape index (κ2) is 6.91. The highest BCUT2D eigenvalue weighted by molar-refractivity contribution is 7.90. The predicted octanol–water partition coefficient (Wildman–Crippen LogP) is 0.952. The van der Waals surface area contributed by atoms with Crippen LogP contribution < -0.4 is 5.32 Å². The molecule has 1 rings (SSSR count). The van der Waals surface area contributed by atoms with Crippen LogP contribution in [0.4, 0.5) is 0 Å². The standard InChI is InChI=1S/C13H17ClN2O4S/c1-16(2)12(17)6-7-15-13(18)9-4-5-10(14)11(8-9)21(3,19)20/h4-5,8H,6-7H2,1-3H3,(H,15,18). The molecule has 0 aliphatic rings. The number of hydrogen-bond donors (Lipinski definition) is 1. The van der Waals surface area contributed by atoms with Gasteiger partial charge in [0.2, 0.25) is 5.91 Å². The number of benzene rings is 1. The van der Waals surface area contributed by atoms with E-state index in [1.54, 1.807) is 14.1 Å². The van der Waals surface area contributed by atoms with E-state index in [0.29, 0.717) is 0 Å². The molecule has 1 aromatic rings. The van der Waals surface area contributed by atoms with Gasteiger partial charge >= 0.3 is 0 Å². The number of sulfone groups is 1. The van der Waals surface area contributed by atoms with Gasteiger partial charge in [-0.05, 0) is 18.2 Å². The van der Waals surface area contributed by atoms with Gasteiger partial charge in [-0.15, -0.1) is 0 Å². The second-order valence-corrected chi connectivity index (χ2v) is 7.10. The van der Waals surface area contributed by atoms with E-state index in [0.717, 1.165) is 6.26 Å². The molecule has 0 unspecified atom stereocenters. The normalized spacial score (nSPS) is 11.0. The molecule has 116 valence electrons. The first-order chi connectivity index (χ1) is 9.62. The van der Waals surface area contributed by atoms with Gasteiger partial charge in [0.15, 0.2) is 9.84 Å². The van der Waals surface area contributed by atoms with Gasteiger partial charge in [-0.3, -0.25) is 9.59 Å². The highest BCUT2D eigenvalue weighted by Gasteiger charge is 2.16. The summed E-state index contributed by atoms with van der Waals surface area (Å²) < 4.78 is 23.1. The van der Waals surface area contributed by atoms with Gasteiger partial charge in [0.25, 0.3) is 5.91 Å². The summed E-state index contributed by atoms with van der Waals surface area (Å²) in [5, 5.41) is 2.63. The number of carbonyl (C=O) groups is 2. The summed E-state index contributed by atoms with van der Waals surface area (Å²) >= 11 is 5.81. The van der Waals surface area contributed by atoms with E-state index in [4.69, 9.17) is 11.6 Å². The van der Waals surface area contributed by atoms with Gasteiger partial charge in [-0.1, -0.05) is 11.6 Å². The Balaban J connectivity index is 2.78. The Morgan fingerprint density at radius 2 is 1.90 bits per heavy atom. The third-order valence-corrected chi connectivity index (χ3v) is 4.29. The van der Waals surface area contributed by atoms with Crippen molar-refractivity contribution < 1.29 is 18.0 Å². The third-order valence-electron chi connectivity index (χ3n) is 2.72. The summed E-state index contributed by atoms with van der Waals surface area (Å²) in [6.07, 6.45) is 1.19. The van der Waals surface area contributed by atoms with Crippen LogP contribution >= 0.6 is 11.6 Å². The lowest BCUT2D eigenvalue weighted by molar-refractivity contribution is -0.128. The minimum Gasteiger partial charge on any atom is -0.352 e. The largest absolute Gasteiger partial charge is 0.352 e. The van der Waals surface area contributed by atoms with Crippen LogP contribution in [-0.2, 0) is 14.6 Å². The lowest BCUT2D eigenvalue weighted by Gasteiger charge is -2.11. The summed E-state index contributed by atoms with van der Waals surface area (Å²) in [6, 6.07) is 4.01. The first-order valence-corrected chi connectivity index (χ1v) is 8.38. The summed E-state index contributed by atoms with van der Waals surface area (Å²) in [7, 11) is -0.254. The summed E-state index contributed by atoms with van der Waals surface area (Å²) in [5.41, 5.74) is 0.178. The van der Waals surface area contributed by atoms with Gasteiger partial charge in [0.05, 0.1) is 9.92 Å². The Kier molecular flexibility index (Phi) is 5.74. The quantitative estimate of drug-likeness (QED) is 0.870. The maximum Gasteiger partial charge on any atom is 0.251 e. The number of hydrogen-bond acceptors (Lipinski definition) is 4. The molecule has 0 heterocycles. The molecule has 0 fully saturated rings. The molecule has 2 amide bonds. The summed E-state index contributed by atoms with van der Waals surface area (Å²) in [4.78, 5) is 24.6. The number of rotatable bonds is 5. The molecule has 1 aromatic carbocycles. The highest BCUT2D eigenvalue weighted by Crippen LogP contribution is 2.22. The topological polar surface area (TPSA) is 83.6 Å². The number of carbonyl (C=O) groups excluding carboxylic acids is 2. The average Bonchev–Trinajstić information content (AvgIpc) is 2.37. The van der Waals surface area contributed by atoms with E-state index < -0.39 is 15.7 Å². The van der Waals surface area contributed by atoms with Crippen LogP contribution in [0.2, 0.25) is 5.02 Å². The molecule has 0 radical (unpaired) electrons. The Bertz CT molecular complexity index is 656. The van der Waals surface area contributed by atoms with E-state index in [1.807, 2.05) is 0 Å². The summed E-state index contributed by atoms with van der Waals surface area (Å²) in [5.74, 6) is -0.564. The number of nitrogens with one attached hydrogen (secondary N) is 1. The van der Waals surface area contributed by atoms with Gasteiger partial charge in [-0.25, -0.2) is 8.42 Å². The number of amides is 2. The van der Waals surface area contributed by atoms with E-state index in [9.17, 15) is 18.0 Å². The van der Waals surface area contributed by atoms with Gasteiger partial charge < -0.3 is 10.2 Å². The van der Waals surface area contributed by atoms with Crippen molar-refractivity contribution in [1.82, 2.24) is 10.2 Å². The molecule has 0 bridgehead atoms. The number of nitrogens with zero attached hydrogens (tertiary/aromatic N) is 1. The van der Waals surface area contributed by atoms with Crippen molar-refractivity contribution in [3.8, 4) is 0 Å². The maximum absolute atomic E-state index is 11.9. The van der Waals surface area contributed by atoms with Crippen LogP contribution in [0.5, 0.6) is 0 Å². The minimum atomic E-state index is -3.51. The molecule has 6 nitrogen and oxygen atoms in total. The van der Waals surface area contributed by atoms with Gasteiger partial charge in [-0.2, -0.15) is 0 Å². The molecule has 0 atom stereocenters. The highest BCUT2D eigenvalue weighted by atomic mass is 35.5. The lowest BCUT2D eigenvalue weighted by Crippen LogP contribution is -2.30. The molecule has 0 spiro atoms. The molecule has 0 aliphatic heterocycles. The van der Waals surface area contributed by atoms with Crippen molar-refractivity contribution >= 4 is 33.3 Å². The van der Waals surface area contributed by atoms with Crippen molar-refractivity contribution in [2.24, 2.45) is 0 Å². The Morgan fingerprint density at radius 1 is 1.29 bits per heavy atom. The van der Waals surface area contributed by atoms with Gasteiger partial charge in [0.1, 0.15) is 0 Å². The van der Waals surface area contributed by atoms with Crippen molar-refractivity contribution in [1.29, 1.82) is 0 Å². The third kappa shape index (κ3) is 5.02. The molecular formula is C13H17ClN2O4S. The van der Waals surface area contributed by atoms with Crippen LogP contribution in [-0.4, -0.2) is 52.0 Å². The smallest absolute Gasteiger partial charge is 0.251 e. The maximum atomic E-state index is 11.9. The lowest BCUT2D eigenvalue weighted by atomic mass is 10.2. The SMILES string of the molecule is CN(C)C(=O)CCNC(=O)c1ccc(Cl)c(S(C)(=O)=O)c1. The Labute approximate surface area is 129 Å². The fourth-order valence-corrected chi connectivity index (χ4v) is 2.84. The van der Waals surface area contributed by atoms with Crippen LogP contribution in [0.1, 0.15) is 16.8 Å². The van der Waals surface area contributed by atoms with Crippen molar-refractivity contribution in [3.05, 3.63) is 28.8 Å². The molecular weight excluding hydrogens is 316 g/mol. The van der Waals surface area contributed by atoms with Crippen LogP contribution in [0, 0.1) is 0 Å². The fraction of sp³-hybridized carbons (Fsp3) is 0.385. The molecule has 0 saturated heterocycles. The molecule has 1 N–H and O–H groups in total. The fourth-order valence-electron chi connectivity index (χ4n) is 1.54. The zero-order chi connectivity index (χ0) is 16.2. The van der Waals surface area contributed by atoms with Crippen LogP contribution in [0.3, 0.4) is 0 Å². The monoisotopic (exact) mass is 332 g/mol. The average molecular weight is 333 g/mol. The number of halogens is 1. The van der Waals surface area contributed by atoms with Crippen LogP contribution in [0.15, 0.2) is 23.1 Å². The molecule has 8 heteroatoms. The van der Waals surface area contributed by atoms with E-state index in [-0.39, 0.29) is 34.4 Å². The molecule has 0 aromatic heterocycles. The van der Waals surface area contributed by atoms with Crippen LogP contribution in [0.25, 0.3) is 0 Å². The molecule has 21 heavy (non-hydrogen) atoms. The molecule has 0 saturated carbocycles. The summed E-state index contributed by atoms with van der Waals surface area (Å²) in [6.45, 7) is 0.173. The predicted molar refractivity (Wildman–Crippen MR) is 80.2 cm³/mol. The first kappa shape index (κ1) is 17.5. The van der Waals surface area contributed by atoms with E-state index in [2.05, 4.69) is 5.32 Å². The zero-order valence-corrected chi connectivity index (χ0v) is 13.6. The Morgan fingerprint density at radius 3 is 2.43 bits per heavy atom. The van der Waals surface area contributed by atoms with Crippen molar-refractivity contribution in [2.75, 3.05) is 26.9 Å². The first-order valence-electron chi connectivity index (χ1n) is 6.11. The van der Waals surface area contributed by atoms with Crippen molar-refractivity contribution in [2.45, 2.75) is 11.3 Å². The van der Waals surface area contributed by atoms with E-state index >= 15 is 0 Å². The Hall–Kier alpha value is -1.60. The second-order valence-electron chi connectivity index (χ2n) is 4.71. The molecule has 0 aliphatic carbocycles. The zero-order valence-electron chi connectivity index (χ0n) is 12.0.